The fourth-order valence-corrected chi connectivity index (χ4v) is 1.64. The zero-order valence-corrected chi connectivity index (χ0v) is 10.3. The van der Waals surface area contributed by atoms with Crippen LogP contribution in [0.15, 0.2) is 12.1 Å². The highest BCUT2D eigenvalue weighted by molar-refractivity contribution is 5.81. The third-order valence-corrected chi connectivity index (χ3v) is 2.53. The van der Waals surface area contributed by atoms with Crippen molar-refractivity contribution in [3.05, 3.63) is 17.7 Å². The van der Waals surface area contributed by atoms with E-state index < -0.39 is 0 Å². The van der Waals surface area contributed by atoms with Crippen molar-refractivity contribution in [1.29, 1.82) is 0 Å². The van der Waals surface area contributed by atoms with E-state index in [1.54, 1.807) is 12.1 Å². The third kappa shape index (κ3) is 2.92. The Balaban J connectivity index is 1.96. The minimum Gasteiger partial charge on any atom is -0.493 e. The van der Waals surface area contributed by atoms with E-state index in [2.05, 4.69) is 0 Å². The maximum atomic E-state index is 11.0. The molecule has 0 N–H and O–H groups in total. The van der Waals surface area contributed by atoms with Crippen LogP contribution in [0.1, 0.15) is 23.7 Å². The van der Waals surface area contributed by atoms with Crippen LogP contribution in [0.3, 0.4) is 0 Å². The van der Waals surface area contributed by atoms with Gasteiger partial charge in [0.05, 0.1) is 12.2 Å². The van der Waals surface area contributed by atoms with Gasteiger partial charge in [-0.25, -0.2) is 0 Å². The van der Waals surface area contributed by atoms with Crippen molar-refractivity contribution in [2.45, 2.75) is 13.3 Å². The molecule has 5 nitrogen and oxygen atoms in total. The molecule has 1 aromatic rings. The van der Waals surface area contributed by atoms with E-state index in [1.165, 1.54) is 0 Å². The van der Waals surface area contributed by atoms with Gasteiger partial charge in [0.25, 0.3) is 0 Å². The van der Waals surface area contributed by atoms with Gasteiger partial charge < -0.3 is 18.9 Å². The number of ether oxygens (including phenoxy) is 4. The van der Waals surface area contributed by atoms with Crippen molar-refractivity contribution in [3.8, 4) is 17.2 Å². The van der Waals surface area contributed by atoms with Gasteiger partial charge in [-0.15, -0.1) is 0 Å². The van der Waals surface area contributed by atoms with Crippen LogP contribution in [0.2, 0.25) is 0 Å². The molecule has 0 amide bonds. The van der Waals surface area contributed by atoms with Gasteiger partial charge in [-0.05, 0) is 13.0 Å². The van der Waals surface area contributed by atoms with Crippen LogP contribution < -0.4 is 14.2 Å². The first-order valence-electron chi connectivity index (χ1n) is 5.94. The van der Waals surface area contributed by atoms with Crippen LogP contribution in [0.5, 0.6) is 17.2 Å². The minimum absolute atomic E-state index is 0.182. The molecule has 0 saturated carbocycles. The van der Waals surface area contributed by atoms with Crippen molar-refractivity contribution in [1.82, 2.24) is 0 Å². The fraction of sp³-hybridized carbons (Fsp3) is 0.462. The average Bonchev–Trinajstić information content (AvgIpc) is 2.84. The van der Waals surface area contributed by atoms with Crippen molar-refractivity contribution >= 4 is 6.29 Å². The first-order chi connectivity index (χ1) is 8.85. The first-order valence-corrected chi connectivity index (χ1v) is 5.94. The monoisotopic (exact) mass is 252 g/mol. The standard InChI is InChI=1S/C13H16O5/c1-2-15-4-3-5-16-11-7-13-12(17-9-18-13)6-10(11)8-14/h6-8H,2-5,9H2,1H3. The molecule has 0 unspecified atom stereocenters. The molecule has 0 spiro atoms. The molecule has 0 saturated heterocycles. The molecule has 98 valence electrons. The van der Waals surface area contributed by atoms with Crippen molar-refractivity contribution in [2.75, 3.05) is 26.6 Å². The minimum atomic E-state index is 0.182. The van der Waals surface area contributed by atoms with Crippen molar-refractivity contribution < 1.29 is 23.7 Å². The summed E-state index contributed by atoms with van der Waals surface area (Å²) in [5, 5.41) is 0. The number of carbonyl (C=O) groups excluding carboxylic acids is 1. The van der Waals surface area contributed by atoms with E-state index in [9.17, 15) is 4.79 Å². The van der Waals surface area contributed by atoms with Gasteiger partial charge in [0.15, 0.2) is 17.8 Å². The summed E-state index contributed by atoms with van der Waals surface area (Å²) in [5.41, 5.74) is 0.468. The van der Waals surface area contributed by atoms with Crippen LogP contribution in [-0.4, -0.2) is 32.9 Å². The maximum Gasteiger partial charge on any atom is 0.231 e. The topological polar surface area (TPSA) is 54.0 Å². The van der Waals surface area contributed by atoms with Gasteiger partial charge in [0.1, 0.15) is 5.75 Å². The molecule has 0 aromatic heterocycles. The predicted octanol–water partition coefficient (Wildman–Crippen LogP) is 2.03. The van der Waals surface area contributed by atoms with Crippen LogP contribution in [-0.2, 0) is 4.74 Å². The second-order valence-corrected chi connectivity index (χ2v) is 3.76. The van der Waals surface area contributed by atoms with Gasteiger partial charge in [0, 0.05) is 25.7 Å². The van der Waals surface area contributed by atoms with Gasteiger partial charge in [-0.2, -0.15) is 0 Å². The summed E-state index contributed by atoms with van der Waals surface area (Å²) in [4.78, 5) is 11.0. The highest BCUT2D eigenvalue weighted by Gasteiger charge is 2.17. The van der Waals surface area contributed by atoms with Gasteiger partial charge in [-0.3, -0.25) is 4.79 Å². The second kappa shape index (κ2) is 6.26. The van der Waals surface area contributed by atoms with E-state index in [-0.39, 0.29) is 6.79 Å². The molecule has 0 bridgehead atoms. The number of hydrogen-bond donors (Lipinski definition) is 0. The zero-order valence-electron chi connectivity index (χ0n) is 10.3. The highest BCUT2D eigenvalue weighted by Crippen LogP contribution is 2.37. The van der Waals surface area contributed by atoms with Crippen LogP contribution in [0.25, 0.3) is 0 Å². The Bertz CT molecular complexity index is 416. The Kier molecular flexibility index (Phi) is 4.41. The second-order valence-electron chi connectivity index (χ2n) is 3.76. The van der Waals surface area contributed by atoms with Gasteiger partial charge >= 0.3 is 0 Å². The summed E-state index contributed by atoms with van der Waals surface area (Å²) in [7, 11) is 0. The lowest BCUT2D eigenvalue weighted by Gasteiger charge is -2.09. The number of rotatable bonds is 7. The normalized spacial score (nSPS) is 12.5. The summed E-state index contributed by atoms with van der Waals surface area (Å²) >= 11 is 0. The Morgan fingerprint density at radius 3 is 2.78 bits per heavy atom. The summed E-state index contributed by atoms with van der Waals surface area (Å²) in [6.45, 7) is 3.98. The van der Waals surface area contributed by atoms with Crippen molar-refractivity contribution in [2.24, 2.45) is 0 Å². The quantitative estimate of drug-likeness (QED) is 0.549. The van der Waals surface area contributed by atoms with E-state index in [4.69, 9.17) is 18.9 Å². The maximum absolute atomic E-state index is 11.0. The lowest BCUT2D eigenvalue weighted by atomic mass is 10.2. The predicted molar refractivity (Wildman–Crippen MR) is 64.6 cm³/mol. The molecule has 0 aliphatic carbocycles. The van der Waals surface area contributed by atoms with Crippen LogP contribution in [0.4, 0.5) is 0 Å². The number of carbonyl (C=O) groups is 1. The lowest BCUT2D eigenvalue weighted by molar-refractivity contribution is 0.111. The highest BCUT2D eigenvalue weighted by atomic mass is 16.7. The SMILES string of the molecule is CCOCCCOc1cc2c(cc1C=O)OCO2. The smallest absolute Gasteiger partial charge is 0.231 e. The largest absolute Gasteiger partial charge is 0.493 e. The van der Waals surface area contributed by atoms with E-state index in [1.807, 2.05) is 6.92 Å². The van der Waals surface area contributed by atoms with Crippen molar-refractivity contribution in [3.63, 3.8) is 0 Å². The zero-order chi connectivity index (χ0) is 12.8. The number of benzene rings is 1. The number of fused-ring (bicyclic) bond motifs is 1. The van der Waals surface area contributed by atoms with Crippen LogP contribution in [0, 0.1) is 0 Å². The molecule has 5 heteroatoms. The number of aldehydes is 1. The lowest BCUT2D eigenvalue weighted by Crippen LogP contribution is -2.04. The molecule has 1 heterocycles. The number of hydrogen-bond acceptors (Lipinski definition) is 5. The summed E-state index contributed by atoms with van der Waals surface area (Å²) in [6.07, 6.45) is 1.53. The Morgan fingerprint density at radius 1 is 1.28 bits per heavy atom. The Labute approximate surface area is 106 Å². The fourth-order valence-electron chi connectivity index (χ4n) is 1.64. The Hall–Kier alpha value is -1.75. The summed E-state index contributed by atoms with van der Waals surface area (Å²) < 4.78 is 21.2. The Morgan fingerprint density at radius 2 is 2.06 bits per heavy atom. The molecule has 0 atom stereocenters. The average molecular weight is 252 g/mol. The molecule has 1 aliphatic heterocycles. The molecule has 2 rings (SSSR count). The van der Waals surface area contributed by atoms with Gasteiger partial charge in [-0.1, -0.05) is 0 Å². The summed E-state index contributed by atoms with van der Waals surface area (Å²) in [5.74, 6) is 1.71. The van der Waals surface area contributed by atoms with Crippen LogP contribution >= 0.6 is 0 Å². The molecular weight excluding hydrogens is 236 g/mol. The summed E-state index contributed by atoms with van der Waals surface area (Å²) in [6, 6.07) is 3.32. The molecule has 1 aliphatic rings. The van der Waals surface area contributed by atoms with E-state index in [0.29, 0.717) is 42.6 Å². The molecule has 0 fully saturated rings. The first kappa shape index (κ1) is 12.7. The molecular formula is C13H16O5. The van der Waals surface area contributed by atoms with Gasteiger partial charge in [0.2, 0.25) is 6.79 Å². The van der Waals surface area contributed by atoms with E-state index >= 15 is 0 Å². The molecule has 1 aromatic carbocycles. The third-order valence-electron chi connectivity index (χ3n) is 2.53. The van der Waals surface area contributed by atoms with E-state index in [0.717, 1.165) is 12.7 Å². The molecule has 0 radical (unpaired) electrons. The molecule has 18 heavy (non-hydrogen) atoms.